The first kappa shape index (κ1) is 16.3. The first-order valence-corrected chi connectivity index (χ1v) is 7.34. The number of carbonyl (C=O) groups is 3. The minimum absolute atomic E-state index is 0.126. The number of nitrogens with zero attached hydrogens (tertiary/aromatic N) is 2. The number of para-hydroxylation sites is 1. The first-order valence-electron chi connectivity index (χ1n) is 7.34. The van der Waals surface area contributed by atoms with Gasteiger partial charge in [0.2, 0.25) is 0 Å². The van der Waals surface area contributed by atoms with Crippen LogP contribution in [0.3, 0.4) is 0 Å². The van der Waals surface area contributed by atoms with Crippen molar-refractivity contribution >= 4 is 23.5 Å². The van der Waals surface area contributed by atoms with Gasteiger partial charge in [-0.05, 0) is 12.1 Å². The van der Waals surface area contributed by atoms with Crippen LogP contribution < -0.4 is 0 Å². The van der Waals surface area contributed by atoms with E-state index in [-0.39, 0.29) is 28.8 Å². The molecule has 126 valence electrons. The van der Waals surface area contributed by atoms with E-state index in [0.29, 0.717) is 4.90 Å². The number of carboxylic acids is 1. The van der Waals surface area contributed by atoms with Crippen LogP contribution in [0.4, 0.5) is 5.69 Å². The zero-order valence-electron chi connectivity index (χ0n) is 12.8. The third kappa shape index (κ3) is 2.74. The van der Waals surface area contributed by atoms with Crippen LogP contribution in [0.25, 0.3) is 0 Å². The van der Waals surface area contributed by atoms with Gasteiger partial charge in [-0.3, -0.25) is 24.6 Å². The molecule has 8 nitrogen and oxygen atoms in total. The number of amides is 2. The SMILES string of the molecule is O=C(O)[C@H](Cc1ccccc1[N+](=O)[O-])N1C(=O)c2ccccc2C1=O. The summed E-state index contributed by atoms with van der Waals surface area (Å²) in [4.78, 5) is 47.8. The number of hydrogen-bond donors (Lipinski definition) is 1. The zero-order chi connectivity index (χ0) is 18.1. The highest BCUT2D eigenvalue weighted by Gasteiger charge is 2.43. The summed E-state index contributed by atoms with van der Waals surface area (Å²) in [5.41, 5.74) is 0.129. The van der Waals surface area contributed by atoms with Crippen LogP contribution in [-0.2, 0) is 11.2 Å². The third-order valence-corrected chi connectivity index (χ3v) is 4.02. The Balaban J connectivity index is 1.99. The molecule has 2 aromatic rings. The van der Waals surface area contributed by atoms with Crippen molar-refractivity contribution < 1.29 is 24.4 Å². The van der Waals surface area contributed by atoms with E-state index in [4.69, 9.17) is 0 Å². The summed E-state index contributed by atoms with van der Waals surface area (Å²) in [6, 6.07) is 10.1. The van der Waals surface area contributed by atoms with Crippen LogP contribution in [-0.4, -0.2) is 38.8 Å². The molecule has 0 saturated heterocycles. The topological polar surface area (TPSA) is 118 Å². The Hall–Kier alpha value is -3.55. The highest BCUT2D eigenvalue weighted by molar-refractivity contribution is 6.22. The standard InChI is InChI=1S/C17H12N2O6/c20-15-11-6-2-3-7-12(11)16(21)18(15)14(17(22)23)9-10-5-1-4-8-13(10)19(24)25/h1-8,14H,9H2,(H,22,23)/t14-/m0/s1. The Morgan fingerprint density at radius 3 is 2.08 bits per heavy atom. The molecule has 25 heavy (non-hydrogen) atoms. The van der Waals surface area contributed by atoms with Crippen molar-refractivity contribution in [2.45, 2.75) is 12.5 Å². The van der Waals surface area contributed by atoms with Crippen molar-refractivity contribution in [2.75, 3.05) is 0 Å². The fourth-order valence-corrected chi connectivity index (χ4v) is 2.85. The average molecular weight is 340 g/mol. The van der Waals surface area contributed by atoms with E-state index < -0.39 is 28.7 Å². The van der Waals surface area contributed by atoms with Crippen molar-refractivity contribution in [2.24, 2.45) is 0 Å². The summed E-state index contributed by atoms with van der Waals surface area (Å²) in [7, 11) is 0. The van der Waals surface area contributed by atoms with Gasteiger partial charge in [0.25, 0.3) is 17.5 Å². The first-order chi connectivity index (χ1) is 11.9. The van der Waals surface area contributed by atoms with Gasteiger partial charge >= 0.3 is 5.97 Å². The molecule has 1 N–H and O–H groups in total. The lowest BCUT2D eigenvalue weighted by atomic mass is 10.0. The van der Waals surface area contributed by atoms with Crippen LogP contribution in [0.5, 0.6) is 0 Å². The number of carbonyl (C=O) groups excluding carboxylic acids is 2. The second kappa shape index (κ2) is 6.16. The highest BCUT2D eigenvalue weighted by atomic mass is 16.6. The predicted octanol–water partition coefficient (Wildman–Crippen LogP) is 1.89. The zero-order valence-corrected chi connectivity index (χ0v) is 12.8. The Morgan fingerprint density at radius 2 is 1.56 bits per heavy atom. The summed E-state index contributed by atoms with van der Waals surface area (Å²) >= 11 is 0. The van der Waals surface area contributed by atoms with Crippen LogP contribution in [0.2, 0.25) is 0 Å². The van der Waals surface area contributed by atoms with Crippen molar-refractivity contribution in [3.63, 3.8) is 0 Å². The Morgan fingerprint density at radius 1 is 1.04 bits per heavy atom. The van der Waals surface area contributed by atoms with Gasteiger partial charge in [0.15, 0.2) is 0 Å². The largest absolute Gasteiger partial charge is 0.480 e. The number of nitro groups is 1. The van der Waals surface area contributed by atoms with Crippen molar-refractivity contribution in [3.8, 4) is 0 Å². The van der Waals surface area contributed by atoms with E-state index in [2.05, 4.69) is 0 Å². The molecule has 1 heterocycles. The van der Waals surface area contributed by atoms with Gasteiger partial charge in [0, 0.05) is 18.1 Å². The van der Waals surface area contributed by atoms with Gasteiger partial charge in [-0.25, -0.2) is 4.79 Å². The van der Waals surface area contributed by atoms with Gasteiger partial charge in [-0.1, -0.05) is 30.3 Å². The Labute approximate surface area is 141 Å². The smallest absolute Gasteiger partial charge is 0.327 e. The van der Waals surface area contributed by atoms with E-state index in [1.54, 1.807) is 12.1 Å². The number of fused-ring (bicyclic) bond motifs is 1. The summed E-state index contributed by atoms with van der Waals surface area (Å²) in [6.07, 6.45) is -0.349. The van der Waals surface area contributed by atoms with E-state index in [0.717, 1.165) is 0 Å². The van der Waals surface area contributed by atoms with E-state index in [1.165, 1.54) is 36.4 Å². The molecular weight excluding hydrogens is 328 g/mol. The maximum atomic E-state index is 12.5. The minimum Gasteiger partial charge on any atom is -0.480 e. The fraction of sp³-hybridized carbons (Fsp3) is 0.118. The Kier molecular flexibility index (Phi) is 4.02. The quantitative estimate of drug-likeness (QED) is 0.504. The maximum absolute atomic E-state index is 12.5. The number of imide groups is 1. The highest BCUT2D eigenvalue weighted by Crippen LogP contribution is 2.28. The Bertz CT molecular complexity index is 873. The summed E-state index contributed by atoms with van der Waals surface area (Å²) in [5, 5.41) is 20.6. The van der Waals surface area contributed by atoms with E-state index in [1.807, 2.05) is 0 Å². The summed E-state index contributed by atoms with van der Waals surface area (Å²) in [6.45, 7) is 0. The van der Waals surface area contributed by atoms with Crippen LogP contribution >= 0.6 is 0 Å². The minimum atomic E-state index is -1.53. The van der Waals surface area contributed by atoms with Crippen LogP contribution in [0, 0.1) is 10.1 Å². The van der Waals surface area contributed by atoms with Gasteiger partial charge in [-0.15, -0.1) is 0 Å². The second-order valence-corrected chi connectivity index (χ2v) is 5.47. The lowest BCUT2D eigenvalue weighted by Crippen LogP contribution is -2.46. The second-order valence-electron chi connectivity index (χ2n) is 5.47. The monoisotopic (exact) mass is 340 g/mol. The lowest BCUT2D eigenvalue weighted by molar-refractivity contribution is -0.385. The molecule has 1 aliphatic heterocycles. The molecule has 0 saturated carbocycles. The van der Waals surface area contributed by atoms with Crippen LogP contribution in [0.1, 0.15) is 26.3 Å². The average Bonchev–Trinajstić information content (AvgIpc) is 2.84. The molecule has 0 fully saturated rings. The third-order valence-electron chi connectivity index (χ3n) is 4.02. The molecule has 2 amide bonds. The van der Waals surface area contributed by atoms with Gasteiger partial charge in [-0.2, -0.15) is 0 Å². The molecule has 3 rings (SSSR count). The molecule has 8 heteroatoms. The normalized spacial score (nSPS) is 14.3. The molecule has 0 spiro atoms. The predicted molar refractivity (Wildman–Crippen MR) is 85.2 cm³/mol. The molecule has 1 atom stereocenters. The molecule has 0 aliphatic carbocycles. The molecule has 0 aromatic heterocycles. The number of benzene rings is 2. The molecule has 0 unspecified atom stereocenters. The lowest BCUT2D eigenvalue weighted by Gasteiger charge is -2.22. The summed E-state index contributed by atoms with van der Waals surface area (Å²) < 4.78 is 0. The number of aliphatic carboxylic acids is 1. The van der Waals surface area contributed by atoms with Crippen LogP contribution in [0.15, 0.2) is 48.5 Å². The van der Waals surface area contributed by atoms with E-state index in [9.17, 15) is 29.6 Å². The van der Waals surface area contributed by atoms with Gasteiger partial charge in [0.05, 0.1) is 16.1 Å². The molecule has 1 aliphatic rings. The molecule has 0 radical (unpaired) electrons. The molecule has 2 aromatic carbocycles. The van der Waals surface area contributed by atoms with E-state index >= 15 is 0 Å². The number of hydrogen-bond acceptors (Lipinski definition) is 5. The maximum Gasteiger partial charge on any atom is 0.327 e. The van der Waals surface area contributed by atoms with Crippen molar-refractivity contribution in [1.29, 1.82) is 0 Å². The van der Waals surface area contributed by atoms with Gasteiger partial charge in [0.1, 0.15) is 6.04 Å². The number of carboxylic acid groups (broad SMARTS) is 1. The number of nitro benzene ring substituents is 1. The van der Waals surface area contributed by atoms with Crippen molar-refractivity contribution in [3.05, 3.63) is 75.3 Å². The van der Waals surface area contributed by atoms with Crippen molar-refractivity contribution in [1.82, 2.24) is 4.90 Å². The number of rotatable bonds is 5. The summed E-state index contributed by atoms with van der Waals surface area (Å²) in [5.74, 6) is -2.84. The fourth-order valence-electron chi connectivity index (χ4n) is 2.85. The molecular formula is C17H12N2O6. The molecule has 0 bridgehead atoms. The van der Waals surface area contributed by atoms with Gasteiger partial charge < -0.3 is 5.11 Å².